The third-order valence-corrected chi connectivity index (χ3v) is 6.14. The van der Waals surface area contributed by atoms with Gasteiger partial charge in [-0.05, 0) is 31.0 Å². The molecule has 1 aromatic carbocycles. The van der Waals surface area contributed by atoms with Gasteiger partial charge in [0.05, 0.1) is 23.8 Å². The van der Waals surface area contributed by atoms with Crippen LogP contribution in [-0.2, 0) is 0 Å². The van der Waals surface area contributed by atoms with Crippen molar-refractivity contribution in [3.8, 4) is 10.6 Å². The van der Waals surface area contributed by atoms with Crippen molar-refractivity contribution >= 4 is 34.5 Å². The fourth-order valence-electron chi connectivity index (χ4n) is 4.01. The summed E-state index contributed by atoms with van der Waals surface area (Å²) in [6.45, 7) is 2.86. The zero-order valence-corrected chi connectivity index (χ0v) is 15.4. The predicted octanol–water partition coefficient (Wildman–Crippen LogP) is 2.95. The van der Waals surface area contributed by atoms with E-state index in [1.165, 1.54) is 16.2 Å². The van der Waals surface area contributed by atoms with Gasteiger partial charge in [-0.15, -0.1) is 11.3 Å². The van der Waals surface area contributed by atoms with E-state index in [-0.39, 0.29) is 12.1 Å². The van der Waals surface area contributed by atoms with Crippen molar-refractivity contribution in [3.05, 3.63) is 29.3 Å². The molecule has 27 heavy (non-hydrogen) atoms. The molecule has 3 aliphatic rings. The minimum absolute atomic E-state index is 0.0114. The number of anilines is 1. The standard InChI is InChI=1S/C18H18N4O4S/c1-9(23)10-4-13(16-19-2-3-27-16)15-14(5-10)20-17(26-15)21-7-11-6-12(8-21)22(11)18(24)25/h2-5,9,11-12,23H,6-8H2,1H3,(H,24,25). The van der Waals surface area contributed by atoms with Crippen molar-refractivity contribution in [2.45, 2.75) is 31.5 Å². The number of aliphatic hydroxyl groups is 1. The van der Waals surface area contributed by atoms with Gasteiger partial charge in [0, 0.05) is 24.7 Å². The number of nitrogens with zero attached hydrogens (tertiary/aromatic N) is 4. The quantitative estimate of drug-likeness (QED) is 0.713. The summed E-state index contributed by atoms with van der Waals surface area (Å²) in [4.78, 5) is 23.8. The molecule has 3 unspecified atom stereocenters. The molecule has 3 aromatic rings. The molecule has 8 nitrogen and oxygen atoms in total. The highest BCUT2D eigenvalue weighted by atomic mass is 32.1. The number of piperidine rings is 1. The molecule has 5 heterocycles. The van der Waals surface area contributed by atoms with Crippen molar-refractivity contribution in [3.63, 3.8) is 0 Å². The van der Waals surface area contributed by atoms with Gasteiger partial charge >= 0.3 is 6.09 Å². The first-order chi connectivity index (χ1) is 13.0. The summed E-state index contributed by atoms with van der Waals surface area (Å²) in [6.07, 6.45) is 1.14. The van der Waals surface area contributed by atoms with Gasteiger partial charge < -0.3 is 19.5 Å². The van der Waals surface area contributed by atoms with E-state index in [0.717, 1.165) is 22.6 Å². The first kappa shape index (κ1) is 16.5. The summed E-state index contributed by atoms with van der Waals surface area (Å²) in [6, 6.07) is 4.19. The van der Waals surface area contributed by atoms with Crippen LogP contribution < -0.4 is 4.90 Å². The van der Waals surface area contributed by atoms with Crippen LogP contribution in [0.25, 0.3) is 21.7 Å². The molecule has 3 fully saturated rings. The maximum atomic E-state index is 11.3. The Hall–Kier alpha value is -2.65. The number of oxazole rings is 1. The van der Waals surface area contributed by atoms with Crippen LogP contribution in [0.4, 0.5) is 10.8 Å². The molecule has 0 aliphatic carbocycles. The molecule has 2 aromatic heterocycles. The van der Waals surface area contributed by atoms with Gasteiger partial charge in [0.25, 0.3) is 6.01 Å². The second-order valence-corrected chi connectivity index (χ2v) is 7.96. The summed E-state index contributed by atoms with van der Waals surface area (Å²) in [5.74, 6) is 0. The highest BCUT2D eigenvalue weighted by Gasteiger charge is 2.48. The van der Waals surface area contributed by atoms with Gasteiger partial charge in [0.15, 0.2) is 5.58 Å². The van der Waals surface area contributed by atoms with Crippen LogP contribution in [0.15, 0.2) is 28.1 Å². The Labute approximate surface area is 158 Å². The normalized spacial score (nSPS) is 22.7. The lowest BCUT2D eigenvalue weighted by Crippen LogP contribution is -2.70. The highest BCUT2D eigenvalue weighted by molar-refractivity contribution is 7.13. The van der Waals surface area contributed by atoms with Gasteiger partial charge in [0.2, 0.25) is 0 Å². The lowest BCUT2D eigenvalue weighted by molar-refractivity contribution is 0.0101. The molecule has 3 saturated heterocycles. The lowest BCUT2D eigenvalue weighted by atomic mass is 9.88. The first-order valence-electron chi connectivity index (χ1n) is 8.80. The van der Waals surface area contributed by atoms with Crippen LogP contribution in [-0.4, -0.2) is 56.3 Å². The van der Waals surface area contributed by atoms with Gasteiger partial charge in [-0.2, -0.15) is 4.98 Å². The molecule has 0 saturated carbocycles. The number of carbonyl (C=O) groups is 1. The number of rotatable bonds is 3. The fourth-order valence-corrected chi connectivity index (χ4v) is 4.66. The maximum absolute atomic E-state index is 11.3. The smallest absolute Gasteiger partial charge is 0.407 e. The van der Waals surface area contributed by atoms with Gasteiger partial charge in [0.1, 0.15) is 10.5 Å². The molecule has 2 bridgehead atoms. The number of amides is 1. The Morgan fingerprint density at radius 2 is 2.15 bits per heavy atom. The van der Waals surface area contributed by atoms with E-state index in [1.807, 2.05) is 22.4 Å². The van der Waals surface area contributed by atoms with Crippen LogP contribution >= 0.6 is 11.3 Å². The molecule has 3 atom stereocenters. The number of benzene rings is 1. The fraction of sp³-hybridized carbons (Fsp3) is 0.389. The second-order valence-electron chi connectivity index (χ2n) is 7.06. The first-order valence-corrected chi connectivity index (χ1v) is 9.68. The number of carboxylic acid groups (broad SMARTS) is 1. The third kappa shape index (κ3) is 2.57. The average molecular weight is 386 g/mol. The van der Waals surface area contributed by atoms with Crippen LogP contribution in [0.1, 0.15) is 25.0 Å². The molecule has 1 amide bonds. The summed E-state index contributed by atoms with van der Waals surface area (Å²) in [7, 11) is 0. The molecule has 6 rings (SSSR count). The topological polar surface area (TPSA) is 103 Å². The Kier molecular flexibility index (Phi) is 3.63. The number of aliphatic hydroxyl groups excluding tert-OH is 1. The molecule has 3 aliphatic heterocycles. The van der Waals surface area contributed by atoms with E-state index in [2.05, 4.69) is 9.97 Å². The van der Waals surface area contributed by atoms with Gasteiger partial charge in [-0.3, -0.25) is 4.90 Å². The van der Waals surface area contributed by atoms with Gasteiger partial charge in [-0.1, -0.05) is 0 Å². The minimum Gasteiger partial charge on any atom is -0.465 e. The Morgan fingerprint density at radius 1 is 1.37 bits per heavy atom. The molecular weight excluding hydrogens is 368 g/mol. The Morgan fingerprint density at radius 3 is 2.78 bits per heavy atom. The van der Waals surface area contributed by atoms with E-state index in [9.17, 15) is 15.0 Å². The molecule has 140 valence electrons. The Bertz CT molecular complexity index is 1000. The van der Waals surface area contributed by atoms with Crippen molar-refractivity contribution in [1.29, 1.82) is 0 Å². The average Bonchev–Trinajstić information content (AvgIpc) is 3.30. The van der Waals surface area contributed by atoms with Gasteiger partial charge in [-0.25, -0.2) is 9.78 Å². The van der Waals surface area contributed by atoms with Crippen LogP contribution in [0.3, 0.4) is 0 Å². The molecular formula is C18H18N4O4S. The molecule has 2 N–H and O–H groups in total. The number of hydrogen-bond donors (Lipinski definition) is 2. The highest BCUT2D eigenvalue weighted by Crippen LogP contribution is 2.38. The summed E-state index contributed by atoms with van der Waals surface area (Å²) in [5.41, 5.74) is 2.87. The number of thiazole rings is 1. The SMILES string of the molecule is CC(O)c1cc(-c2nccs2)c2oc(N3CC4CC(C3)N4C(=O)O)nc2c1. The van der Waals surface area contributed by atoms with Crippen LogP contribution in [0.2, 0.25) is 0 Å². The van der Waals surface area contributed by atoms with E-state index in [1.54, 1.807) is 13.1 Å². The molecule has 0 radical (unpaired) electrons. The molecule has 9 heteroatoms. The van der Waals surface area contributed by atoms with Crippen molar-refractivity contribution in [2.75, 3.05) is 18.0 Å². The zero-order chi connectivity index (χ0) is 18.7. The second kappa shape index (κ2) is 5.93. The predicted molar refractivity (Wildman–Crippen MR) is 100 cm³/mol. The monoisotopic (exact) mass is 386 g/mol. The molecule has 0 spiro atoms. The summed E-state index contributed by atoms with van der Waals surface area (Å²) in [5, 5.41) is 22.0. The number of aromatic nitrogens is 2. The Balaban J connectivity index is 1.54. The maximum Gasteiger partial charge on any atom is 0.407 e. The van der Waals surface area contributed by atoms with Crippen LogP contribution in [0, 0.1) is 0 Å². The summed E-state index contributed by atoms with van der Waals surface area (Å²) < 4.78 is 6.10. The number of piperazine rings is 1. The van der Waals surface area contributed by atoms with E-state index < -0.39 is 12.2 Å². The van der Waals surface area contributed by atoms with E-state index in [0.29, 0.717) is 30.2 Å². The lowest BCUT2D eigenvalue weighted by Gasteiger charge is -2.54. The van der Waals surface area contributed by atoms with Crippen molar-refractivity contribution in [1.82, 2.24) is 14.9 Å². The minimum atomic E-state index is -0.860. The number of fused-ring (bicyclic) bond motifs is 3. The van der Waals surface area contributed by atoms with Crippen LogP contribution in [0.5, 0.6) is 0 Å². The largest absolute Gasteiger partial charge is 0.465 e. The van der Waals surface area contributed by atoms with E-state index >= 15 is 0 Å². The van der Waals surface area contributed by atoms with Crippen molar-refractivity contribution < 1.29 is 19.4 Å². The third-order valence-electron chi connectivity index (χ3n) is 5.33. The van der Waals surface area contributed by atoms with Crippen molar-refractivity contribution in [2.24, 2.45) is 0 Å². The zero-order valence-electron chi connectivity index (χ0n) is 14.6. The number of hydrogen-bond acceptors (Lipinski definition) is 7. The van der Waals surface area contributed by atoms with E-state index in [4.69, 9.17) is 4.42 Å². The summed E-state index contributed by atoms with van der Waals surface area (Å²) >= 11 is 1.50.